The topological polar surface area (TPSA) is 37.2 Å². The summed E-state index contributed by atoms with van der Waals surface area (Å²) in [4.78, 5) is 0. The van der Waals surface area contributed by atoms with Crippen molar-refractivity contribution in [2.45, 2.75) is 33.0 Å². The zero-order valence-electron chi connectivity index (χ0n) is 10.9. The maximum atomic E-state index is 9.45. The standard InChI is InChI=1S/C15H20N2O/c1-3-17-8-7-13(11-17)10-16-12(2)14-5-4-6-15(18)9-14/h4-9,11-12,16,18H,3,10H2,1-2H3. The molecule has 0 fully saturated rings. The Morgan fingerprint density at radius 3 is 2.83 bits per heavy atom. The summed E-state index contributed by atoms with van der Waals surface area (Å²) in [7, 11) is 0. The third-order valence-electron chi connectivity index (χ3n) is 3.16. The number of rotatable bonds is 5. The van der Waals surface area contributed by atoms with Crippen molar-refractivity contribution in [1.82, 2.24) is 9.88 Å². The van der Waals surface area contributed by atoms with Gasteiger partial charge in [0, 0.05) is 31.5 Å². The molecule has 2 aromatic rings. The van der Waals surface area contributed by atoms with Crippen molar-refractivity contribution in [1.29, 1.82) is 0 Å². The van der Waals surface area contributed by atoms with Gasteiger partial charge < -0.3 is 15.0 Å². The first kappa shape index (κ1) is 12.7. The molecule has 1 atom stereocenters. The molecule has 0 aliphatic heterocycles. The van der Waals surface area contributed by atoms with Gasteiger partial charge in [0.05, 0.1) is 0 Å². The molecular weight excluding hydrogens is 224 g/mol. The van der Waals surface area contributed by atoms with E-state index in [4.69, 9.17) is 0 Å². The third kappa shape index (κ3) is 3.14. The van der Waals surface area contributed by atoms with Crippen LogP contribution >= 0.6 is 0 Å². The summed E-state index contributed by atoms with van der Waals surface area (Å²) < 4.78 is 2.16. The molecule has 0 saturated heterocycles. The Labute approximate surface area is 108 Å². The van der Waals surface area contributed by atoms with E-state index in [0.717, 1.165) is 18.7 Å². The monoisotopic (exact) mass is 244 g/mol. The van der Waals surface area contributed by atoms with Crippen LogP contribution in [-0.2, 0) is 13.1 Å². The predicted molar refractivity (Wildman–Crippen MR) is 73.5 cm³/mol. The molecule has 0 saturated carbocycles. The highest BCUT2D eigenvalue weighted by atomic mass is 16.3. The Bertz CT molecular complexity index is 505. The van der Waals surface area contributed by atoms with E-state index in [2.05, 4.69) is 42.2 Å². The Morgan fingerprint density at radius 1 is 1.33 bits per heavy atom. The number of aromatic nitrogens is 1. The Morgan fingerprint density at radius 2 is 2.17 bits per heavy atom. The lowest BCUT2D eigenvalue weighted by Gasteiger charge is -2.13. The van der Waals surface area contributed by atoms with E-state index in [1.54, 1.807) is 12.1 Å². The van der Waals surface area contributed by atoms with Gasteiger partial charge in [-0.1, -0.05) is 12.1 Å². The summed E-state index contributed by atoms with van der Waals surface area (Å²) in [6, 6.07) is 9.74. The first-order chi connectivity index (χ1) is 8.69. The van der Waals surface area contributed by atoms with Gasteiger partial charge in [-0.15, -0.1) is 0 Å². The molecule has 1 heterocycles. The molecule has 0 bridgehead atoms. The van der Waals surface area contributed by atoms with Crippen LogP contribution in [-0.4, -0.2) is 9.67 Å². The Kier molecular flexibility index (Phi) is 4.05. The molecule has 2 rings (SSSR count). The van der Waals surface area contributed by atoms with Crippen LogP contribution in [0.3, 0.4) is 0 Å². The molecule has 2 N–H and O–H groups in total. The van der Waals surface area contributed by atoms with Crippen LogP contribution in [0.4, 0.5) is 0 Å². The third-order valence-corrected chi connectivity index (χ3v) is 3.16. The van der Waals surface area contributed by atoms with Gasteiger partial charge in [-0.2, -0.15) is 0 Å². The summed E-state index contributed by atoms with van der Waals surface area (Å²) >= 11 is 0. The van der Waals surface area contributed by atoms with Gasteiger partial charge in [-0.3, -0.25) is 0 Å². The Balaban J connectivity index is 1.93. The fourth-order valence-corrected chi connectivity index (χ4v) is 1.97. The van der Waals surface area contributed by atoms with Crippen LogP contribution in [0, 0.1) is 0 Å². The summed E-state index contributed by atoms with van der Waals surface area (Å²) in [5.74, 6) is 0.318. The summed E-state index contributed by atoms with van der Waals surface area (Å²) in [5.41, 5.74) is 2.38. The SMILES string of the molecule is CCn1ccc(CNC(C)c2cccc(O)c2)c1. The number of hydrogen-bond donors (Lipinski definition) is 2. The molecule has 3 heteroatoms. The second-order valence-corrected chi connectivity index (χ2v) is 4.55. The van der Waals surface area contributed by atoms with E-state index in [-0.39, 0.29) is 6.04 Å². The summed E-state index contributed by atoms with van der Waals surface area (Å²) in [6.45, 7) is 6.07. The smallest absolute Gasteiger partial charge is 0.115 e. The van der Waals surface area contributed by atoms with Gasteiger partial charge in [0.25, 0.3) is 0 Å². The van der Waals surface area contributed by atoms with Crippen molar-refractivity contribution in [3.63, 3.8) is 0 Å². The molecular formula is C15H20N2O. The Hall–Kier alpha value is -1.74. The molecule has 1 aromatic heterocycles. The minimum Gasteiger partial charge on any atom is -0.508 e. The first-order valence-electron chi connectivity index (χ1n) is 6.36. The van der Waals surface area contributed by atoms with Crippen molar-refractivity contribution in [2.75, 3.05) is 0 Å². The summed E-state index contributed by atoms with van der Waals surface area (Å²) in [5, 5.41) is 12.9. The predicted octanol–water partition coefficient (Wildman–Crippen LogP) is 3.06. The van der Waals surface area contributed by atoms with E-state index < -0.39 is 0 Å². The molecule has 0 spiro atoms. The molecule has 18 heavy (non-hydrogen) atoms. The van der Waals surface area contributed by atoms with Gasteiger partial charge in [0.2, 0.25) is 0 Å². The number of phenols is 1. The number of benzene rings is 1. The van der Waals surface area contributed by atoms with Crippen molar-refractivity contribution < 1.29 is 5.11 Å². The number of aromatic hydroxyl groups is 1. The van der Waals surface area contributed by atoms with Crippen molar-refractivity contribution >= 4 is 0 Å². The van der Waals surface area contributed by atoms with Gasteiger partial charge in [-0.05, 0) is 43.2 Å². The van der Waals surface area contributed by atoms with Gasteiger partial charge >= 0.3 is 0 Å². The van der Waals surface area contributed by atoms with Crippen LogP contribution in [0.2, 0.25) is 0 Å². The number of aryl methyl sites for hydroxylation is 1. The van der Waals surface area contributed by atoms with Crippen LogP contribution in [0.25, 0.3) is 0 Å². The van der Waals surface area contributed by atoms with Crippen LogP contribution in [0.5, 0.6) is 5.75 Å². The number of nitrogens with zero attached hydrogens (tertiary/aromatic N) is 1. The zero-order chi connectivity index (χ0) is 13.0. The highest BCUT2D eigenvalue weighted by molar-refractivity contribution is 5.29. The fourth-order valence-electron chi connectivity index (χ4n) is 1.97. The number of hydrogen-bond acceptors (Lipinski definition) is 2. The molecule has 0 aliphatic rings. The van der Waals surface area contributed by atoms with Gasteiger partial charge in [0.1, 0.15) is 5.75 Å². The molecule has 0 radical (unpaired) electrons. The second kappa shape index (κ2) is 5.74. The van der Waals surface area contributed by atoms with Crippen LogP contribution in [0.1, 0.15) is 31.0 Å². The minimum atomic E-state index is 0.224. The van der Waals surface area contributed by atoms with E-state index in [9.17, 15) is 5.11 Å². The lowest BCUT2D eigenvalue weighted by Crippen LogP contribution is -2.17. The normalized spacial score (nSPS) is 12.6. The lowest BCUT2D eigenvalue weighted by molar-refractivity contribution is 0.472. The summed E-state index contributed by atoms with van der Waals surface area (Å²) in [6.07, 6.45) is 4.25. The van der Waals surface area contributed by atoms with Crippen molar-refractivity contribution in [3.8, 4) is 5.75 Å². The van der Waals surface area contributed by atoms with Crippen LogP contribution < -0.4 is 5.32 Å². The minimum absolute atomic E-state index is 0.224. The fraction of sp³-hybridized carbons (Fsp3) is 0.333. The van der Waals surface area contributed by atoms with Gasteiger partial charge in [0.15, 0.2) is 0 Å². The lowest BCUT2D eigenvalue weighted by atomic mass is 10.1. The quantitative estimate of drug-likeness (QED) is 0.848. The maximum absolute atomic E-state index is 9.45. The number of nitrogens with one attached hydrogen (secondary N) is 1. The van der Waals surface area contributed by atoms with Crippen molar-refractivity contribution in [2.24, 2.45) is 0 Å². The highest BCUT2D eigenvalue weighted by Crippen LogP contribution is 2.18. The zero-order valence-corrected chi connectivity index (χ0v) is 10.9. The largest absolute Gasteiger partial charge is 0.508 e. The van der Waals surface area contributed by atoms with Gasteiger partial charge in [-0.25, -0.2) is 0 Å². The van der Waals surface area contributed by atoms with E-state index in [0.29, 0.717) is 5.75 Å². The average molecular weight is 244 g/mol. The average Bonchev–Trinajstić information content (AvgIpc) is 2.84. The maximum Gasteiger partial charge on any atom is 0.115 e. The number of phenolic OH excluding ortho intramolecular Hbond substituents is 1. The highest BCUT2D eigenvalue weighted by Gasteiger charge is 2.05. The first-order valence-corrected chi connectivity index (χ1v) is 6.36. The second-order valence-electron chi connectivity index (χ2n) is 4.55. The van der Waals surface area contributed by atoms with Crippen LogP contribution in [0.15, 0.2) is 42.7 Å². The molecule has 0 aliphatic carbocycles. The van der Waals surface area contributed by atoms with E-state index >= 15 is 0 Å². The molecule has 96 valence electrons. The molecule has 3 nitrogen and oxygen atoms in total. The molecule has 1 aromatic carbocycles. The van der Waals surface area contributed by atoms with Crippen molar-refractivity contribution in [3.05, 3.63) is 53.9 Å². The van der Waals surface area contributed by atoms with E-state index in [1.165, 1.54) is 5.56 Å². The van der Waals surface area contributed by atoms with E-state index in [1.807, 2.05) is 12.1 Å². The molecule has 0 amide bonds. The molecule has 1 unspecified atom stereocenters.